The number of hydrogen-bond donors (Lipinski definition) is 1. The van der Waals surface area contributed by atoms with Gasteiger partial charge in [-0.1, -0.05) is 12.1 Å². The number of fused-ring (bicyclic) bond motifs is 3. The van der Waals surface area contributed by atoms with Crippen LogP contribution >= 0.6 is 0 Å². The van der Waals surface area contributed by atoms with Crippen LogP contribution in [0.15, 0.2) is 24.3 Å². The molecule has 0 aromatic heterocycles. The number of nitrogens with one attached hydrogen (secondary N) is 1. The lowest BCUT2D eigenvalue weighted by Crippen LogP contribution is -2.45. The van der Waals surface area contributed by atoms with Gasteiger partial charge < -0.3 is 15.0 Å². The van der Waals surface area contributed by atoms with Crippen molar-refractivity contribution in [1.82, 2.24) is 10.2 Å². The normalized spacial score (nSPS) is 33.6. The molecule has 0 bridgehead atoms. The van der Waals surface area contributed by atoms with Crippen LogP contribution in [-0.4, -0.2) is 47.7 Å². The molecule has 4 atom stereocenters. The third-order valence-electron chi connectivity index (χ3n) is 6.79. The molecule has 1 N–H and O–H groups in total. The fourth-order valence-electron chi connectivity index (χ4n) is 5.49. The highest BCUT2D eigenvalue weighted by molar-refractivity contribution is 6.00. The highest BCUT2D eigenvalue weighted by atomic mass is 16.5. The summed E-state index contributed by atoms with van der Waals surface area (Å²) in [4.78, 5) is 38.8. The summed E-state index contributed by atoms with van der Waals surface area (Å²) in [7, 11) is 0. The first-order chi connectivity index (χ1) is 13.1. The lowest BCUT2D eigenvalue weighted by molar-refractivity contribution is -0.128. The zero-order chi connectivity index (χ0) is 18.6. The van der Waals surface area contributed by atoms with E-state index >= 15 is 0 Å². The van der Waals surface area contributed by atoms with Crippen LogP contribution in [0.25, 0.3) is 0 Å². The zero-order valence-electron chi connectivity index (χ0n) is 15.3. The van der Waals surface area contributed by atoms with Crippen molar-refractivity contribution in [2.24, 2.45) is 17.8 Å². The standard InChI is InChI=1S/C21H24N2O4/c24-15-12-21(27-16-5-2-1-4-13(15)16)8-7-14-18(19(14)21)20(26)22-9-11-23-10-3-6-17(23)25/h1-2,4-5,14,18-19H,3,6-12H2,(H,22,26). The average Bonchev–Trinajstić information content (AvgIpc) is 3.12. The lowest BCUT2D eigenvalue weighted by Gasteiger charge is -2.37. The minimum Gasteiger partial charge on any atom is -0.486 e. The van der Waals surface area contributed by atoms with Crippen molar-refractivity contribution in [3.8, 4) is 5.75 Å². The maximum Gasteiger partial charge on any atom is 0.223 e. The second-order valence-electron chi connectivity index (χ2n) is 8.29. The van der Waals surface area contributed by atoms with Crippen molar-refractivity contribution in [2.45, 2.75) is 37.7 Å². The predicted molar refractivity (Wildman–Crippen MR) is 97.3 cm³/mol. The number of hydrogen-bond acceptors (Lipinski definition) is 4. The number of rotatable bonds is 4. The fraction of sp³-hybridized carbons (Fsp3) is 0.571. The highest BCUT2D eigenvalue weighted by Crippen LogP contribution is 2.65. The molecule has 2 aliphatic carbocycles. The number of Topliss-reactive ketones (excluding diaryl/α,β-unsaturated/α-hetero) is 1. The highest BCUT2D eigenvalue weighted by Gasteiger charge is 2.70. The first-order valence-corrected chi connectivity index (χ1v) is 9.96. The van der Waals surface area contributed by atoms with Crippen molar-refractivity contribution < 1.29 is 19.1 Å². The molecule has 2 heterocycles. The van der Waals surface area contributed by atoms with E-state index in [1.54, 1.807) is 0 Å². The quantitative estimate of drug-likeness (QED) is 0.879. The smallest absolute Gasteiger partial charge is 0.223 e. The zero-order valence-corrected chi connectivity index (χ0v) is 15.3. The van der Waals surface area contributed by atoms with E-state index in [4.69, 9.17) is 4.74 Å². The lowest BCUT2D eigenvalue weighted by atomic mass is 9.84. The summed E-state index contributed by atoms with van der Waals surface area (Å²) in [6.07, 6.45) is 3.68. The fourth-order valence-corrected chi connectivity index (χ4v) is 5.49. The van der Waals surface area contributed by atoms with E-state index in [-0.39, 0.29) is 29.4 Å². The van der Waals surface area contributed by atoms with E-state index in [0.717, 1.165) is 25.8 Å². The maximum atomic E-state index is 12.7. The van der Waals surface area contributed by atoms with Crippen LogP contribution in [0.1, 0.15) is 42.5 Å². The second-order valence-corrected chi connectivity index (χ2v) is 8.29. The monoisotopic (exact) mass is 368 g/mol. The van der Waals surface area contributed by atoms with E-state index in [0.29, 0.717) is 43.2 Å². The molecular weight excluding hydrogens is 344 g/mol. The van der Waals surface area contributed by atoms with Gasteiger partial charge in [0.1, 0.15) is 11.4 Å². The molecule has 5 rings (SSSR count). The summed E-state index contributed by atoms with van der Waals surface area (Å²) < 4.78 is 6.33. The largest absolute Gasteiger partial charge is 0.486 e. The number of ether oxygens (including phenoxy) is 1. The van der Waals surface area contributed by atoms with Gasteiger partial charge in [0.25, 0.3) is 0 Å². The number of carbonyl (C=O) groups excluding carboxylic acids is 3. The van der Waals surface area contributed by atoms with Crippen LogP contribution < -0.4 is 10.1 Å². The second kappa shape index (κ2) is 6.08. The Bertz CT molecular complexity index is 822. The van der Waals surface area contributed by atoms with Crippen LogP contribution in [0.5, 0.6) is 5.75 Å². The molecule has 1 aromatic carbocycles. The third-order valence-corrected chi connectivity index (χ3v) is 6.79. The molecule has 2 aliphatic heterocycles. The summed E-state index contributed by atoms with van der Waals surface area (Å²) >= 11 is 0. The van der Waals surface area contributed by atoms with E-state index in [9.17, 15) is 14.4 Å². The van der Waals surface area contributed by atoms with Crippen molar-refractivity contribution in [3.05, 3.63) is 29.8 Å². The van der Waals surface area contributed by atoms with Gasteiger partial charge in [-0.2, -0.15) is 0 Å². The van der Waals surface area contributed by atoms with Crippen LogP contribution in [0.4, 0.5) is 0 Å². The number of likely N-dealkylation sites (tertiary alicyclic amines) is 1. The van der Waals surface area contributed by atoms with E-state index in [1.807, 2.05) is 29.2 Å². The Labute approximate surface area is 158 Å². The van der Waals surface area contributed by atoms with Crippen LogP contribution in [0.3, 0.4) is 0 Å². The van der Waals surface area contributed by atoms with Crippen LogP contribution in [-0.2, 0) is 9.59 Å². The van der Waals surface area contributed by atoms with Gasteiger partial charge in [0.2, 0.25) is 11.8 Å². The van der Waals surface area contributed by atoms with Crippen LogP contribution in [0.2, 0.25) is 0 Å². The summed E-state index contributed by atoms with van der Waals surface area (Å²) in [5.41, 5.74) is 0.145. The molecular formula is C21H24N2O4. The molecule has 4 aliphatic rings. The number of carbonyl (C=O) groups is 3. The molecule has 1 aromatic rings. The Hall–Kier alpha value is -2.37. The Morgan fingerprint density at radius 3 is 2.96 bits per heavy atom. The first kappa shape index (κ1) is 16.8. The topological polar surface area (TPSA) is 75.7 Å². The minimum absolute atomic E-state index is 0.0469. The van der Waals surface area contributed by atoms with Crippen molar-refractivity contribution in [3.63, 3.8) is 0 Å². The summed E-state index contributed by atoms with van der Waals surface area (Å²) in [5.74, 6) is 1.39. The van der Waals surface area contributed by atoms with Crippen molar-refractivity contribution in [1.29, 1.82) is 0 Å². The van der Waals surface area contributed by atoms with Gasteiger partial charge in [0, 0.05) is 37.9 Å². The predicted octanol–water partition coefficient (Wildman–Crippen LogP) is 1.79. The molecule has 2 saturated carbocycles. The molecule has 27 heavy (non-hydrogen) atoms. The molecule has 1 spiro atoms. The molecule has 0 radical (unpaired) electrons. The summed E-state index contributed by atoms with van der Waals surface area (Å²) in [5, 5.41) is 3.00. The number of ketones is 1. The molecule has 1 saturated heterocycles. The summed E-state index contributed by atoms with van der Waals surface area (Å²) in [6.45, 7) is 1.87. The maximum absolute atomic E-state index is 12.7. The first-order valence-electron chi connectivity index (χ1n) is 9.96. The van der Waals surface area contributed by atoms with Gasteiger partial charge in [-0.05, 0) is 37.3 Å². The number of nitrogens with zero attached hydrogens (tertiary/aromatic N) is 1. The molecule has 6 nitrogen and oxygen atoms in total. The Kier molecular flexibility index (Phi) is 3.78. The summed E-state index contributed by atoms with van der Waals surface area (Å²) in [6, 6.07) is 7.40. The molecule has 2 amide bonds. The van der Waals surface area contributed by atoms with Gasteiger partial charge in [0.15, 0.2) is 5.78 Å². The number of para-hydroxylation sites is 1. The van der Waals surface area contributed by atoms with Crippen LogP contribution in [0, 0.1) is 17.8 Å². The minimum atomic E-state index is -0.511. The number of amides is 2. The molecule has 3 fully saturated rings. The molecule has 142 valence electrons. The number of benzene rings is 1. The van der Waals surface area contributed by atoms with Crippen molar-refractivity contribution in [2.75, 3.05) is 19.6 Å². The average molecular weight is 368 g/mol. The molecule has 4 unspecified atom stereocenters. The van der Waals surface area contributed by atoms with Gasteiger partial charge in [0.05, 0.1) is 12.0 Å². The van der Waals surface area contributed by atoms with Crippen molar-refractivity contribution >= 4 is 17.6 Å². The van der Waals surface area contributed by atoms with Gasteiger partial charge >= 0.3 is 0 Å². The molecule has 6 heteroatoms. The SMILES string of the molecule is O=C1CC2(CCC3C(C(=O)NCCN4CCCC4=O)C32)Oc2ccccc21. The van der Waals surface area contributed by atoms with Gasteiger partial charge in [-0.15, -0.1) is 0 Å². The Balaban J connectivity index is 1.23. The van der Waals surface area contributed by atoms with E-state index in [2.05, 4.69) is 5.32 Å². The van der Waals surface area contributed by atoms with E-state index in [1.165, 1.54) is 0 Å². The Morgan fingerprint density at radius 1 is 1.30 bits per heavy atom. The Morgan fingerprint density at radius 2 is 2.15 bits per heavy atom. The van der Waals surface area contributed by atoms with E-state index < -0.39 is 5.60 Å². The van der Waals surface area contributed by atoms with Gasteiger partial charge in [-0.3, -0.25) is 14.4 Å². The third kappa shape index (κ3) is 2.65. The van der Waals surface area contributed by atoms with Gasteiger partial charge in [-0.25, -0.2) is 0 Å².